The minimum Gasteiger partial charge on any atom is -0.444 e. The van der Waals surface area contributed by atoms with Crippen LogP contribution in [0.1, 0.15) is 125 Å². The molecule has 4 fully saturated rings. The molecule has 0 aliphatic heterocycles. The van der Waals surface area contributed by atoms with Gasteiger partial charge in [-0.2, -0.15) is 0 Å². The lowest BCUT2D eigenvalue weighted by molar-refractivity contribution is -0.162. The number of halogens is 1. The third kappa shape index (κ3) is 5.99. The lowest BCUT2D eigenvalue weighted by atomic mass is 9.39. The number of carbonyl (C=O) groups is 2. The fourth-order valence-corrected chi connectivity index (χ4v) is 11.7. The fourth-order valence-electron chi connectivity index (χ4n) is 11.6. The van der Waals surface area contributed by atoms with Gasteiger partial charge < -0.3 is 14.7 Å². The van der Waals surface area contributed by atoms with Crippen LogP contribution in [0.4, 0.5) is 4.79 Å². The standard InChI is InChI=1S/C40H58ClNO4/c1-25(2)34-32(44)23-40(20-21-42(36(45)46-37(3,4)5)24-26-8-10-28(41)11-9-26)19-16-31-30(35(34)40)12-13-33-38(6)18-15-29(43)22-27(38)14-17-39(31,33)7/h8-11,25,27,29-31,33,43H,12-24H2,1-7H3. The van der Waals surface area contributed by atoms with E-state index in [2.05, 4.69) is 27.7 Å². The van der Waals surface area contributed by atoms with Crippen molar-refractivity contribution < 1.29 is 19.4 Å². The highest BCUT2D eigenvalue weighted by atomic mass is 35.5. The van der Waals surface area contributed by atoms with Crippen molar-refractivity contribution in [2.75, 3.05) is 6.54 Å². The van der Waals surface area contributed by atoms with Crippen LogP contribution in [0.5, 0.6) is 0 Å². The number of Topliss-reactive ketones (excluding diaryl/α,β-unsaturated/α-hetero) is 1. The molecule has 0 aromatic heterocycles. The smallest absolute Gasteiger partial charge is 0.410 e. The van der Waals surface area contributed by atoms with Crippen molar-refractivity contribution in [1.82, 2.24) is 4.90 Å². The molecule has 254 valence electrons. The molecule has 5 aliphatic rings. The van der Waals surface area contributed by atoms with Gasteiger partial charge in [-0.25, -0.2) is 4.79 Å². The fraction of sp³-hybridized carbons (Fsp3) is 0.750. The summed E-state index contributed by atoms with van der Waals surface area (Å²) in [7, 11) is 0. The lowest BCUT2D eigenvalue weighted by Crippen LogP contribution is -2.59. The molecular weight excluding hydrogens is 594 g/mol. The Morgan fingerprint density at radius 3 is 2.39 bits per heavy atom. The van der Waals surface area contributed by atoms with Gasteiger partial charge in [0.1, 0.15) is 5.60 Å². The Labute approximate surface area is 282 Å². The Bertz CT molecular complexity index is 1360. The van der Waals surface area contributed by atoms with Gasteiger partial charge in [-0.05, 0) is 149 Å². The Morgan fingerprint density at radius 2 is 1.72 bits per heavy atom. The summed E-state index contributed by atoms with van der Waals surface area (Å²) in [4.78, 5) is 29.4. The maximum Gasteiger partial charge on any atom is 0.410 e. The predicted molar refractivity (Wildman–Crippen MR) is 184 cm³/mol. The van der Waals surface area contributed by atoms with Gasteiger partial charge in [0, 0.05) is 29.9 Å². The van der Waals surface area contributed by atoms with E-state index in [0.717, 1.165) is 56.1 Å². The topological polar surface area (TPSA) is 66.8 Å². The van der Waals surface area contributed by atoms with Crippen LogP contribution in [0, 0.1) is 45.8 Å². The van der Waals surface area contributed by atoms with Crippen molar-refractivity contribution in [3.05, 3.63) is 46.0 Å². The lowest BCUT2D eigenvalue weighted by Gasteiger charge is -2.66. The summed E-state index contributed by atoms with van der Waals surface area (Å²) >= 11 is 6.18. The Kier molecular flexibility index (Phi) is 9.05. The van der Waals surface area contributed by atoms with Crippen LogP contribution >= 0.6 is 11.6 Å². The quantitative estimate of drug-likeness (QED) is 0.332. The summed E-state index contributed by atoms with van der Waals surface area (Å²) < 4.78 is 5.91. The number of carbonyl (C=O) groups excluding carboxylic acids is 2. The second kappa shape index (κ2) is 12.2. The Hall–Kier alpha value is -1.85. The van der Waals surface area contributed by atoms with E-state index >= 15 is 0 Å². The molecule has 46 heavy (non-hydrogen) atoms. The van der Waals surface area contributed by atoms with Crippen LogP contribution in [0.3, 0.4) is 0 Å². The maximum atomic E-state index is 14.0. The zero-order chi connectivity index (χ0) is 33.2. The SMILES string of the molecule is CC(C)C1=C2C3CCC4C5(C)CCC(O)CC5CCC4(C)C3CCC2(CCN(Cc2ccc(Cl)cc2)C(=O)OC(C)(C)C)CC1=O. The number of hydrogen-bond donors (Lipinski definition) is 1. The molecule has 0 saturated heterocycles. The largest absolute Gasteiger partial charge is 0.444 e. The number of nitrogens with zero attached hydrogens (tertiary/aromatic N) is 1. The van der Waals surface area contributed by atoms with Gasteiger partial charge in [0.25, 0.3) is 0 Å². The molecule has 1 amide bonds. The molecule has 0 heterocycles. The van der Waals surface area contributed by atoms with E-state index < -0.39 is 5.60 Å². The van der Waals surface area contributed by atoms with Crippen LogP contribution < -0.4 is 0 Å². The van der Waals surface area contributed by atoms with Gasteiger partial charge in [-0.1, -0.05) is 57.0 Å². The number of hydrogen-bond acceptors (Lipinski definition) is 4. The summed E-state index contributed by atoms with van der Waals surface area (Å²) in [6.07, 6.45) is 11.0. The minimum atomic E-state index is -0.592. The van der Waals surface area contributed by atoms with E-state index in [1.165, 1.54) is 24.8 Å². The first kappa shape index (κ1) is 34.0. The number of aliphatic hydroxyl groups excluding tert-OH is 1. The highest BCUT2D eigenvalue weighted by molar-refractivity contribution is 6.30. The predicted octanol–water partition coefficient (Wildman–Crippen LogP) is 9.78. The van der Waals surface area contributed by atoms with Gasteiger partial charge in [-0.15, -0.1) is 0 Å². The van der Waals surface area contributed by atoms with Crippen molar-refractivity contribution in [3.63, 3.8) is 0 Å². The molecule has 5 nitrogen and oxygen atoms in total. The number of rotatable bonds is 6. The van der Waals surface area contributed by atoms with E-state index in [1.54, 1.807) is 0 Å². The number of benzene rings is 1. The van der Waals surface area contributed by atoms with Crippen molar-refractivity contribution in [1.29, 1.82) is 0 Å². The third-order valence-electron chi connectivity index (χ3n) is 13.6. The molecule has 0 radical (unpaired) electrons. The van der Waals surface area contributed by atoms with Gasteiger partial charge in [0.05, 0.1) is 6.10 Å². The van der Waals surface area contributed by atoms with Crippen molar-refractivity contribution in [3.8, 4) is 0 Å². The summed E-state index contributed by atoms with van der Waals surface area (Å²) in [5.74, 6) is 2.90. The minimum absolute atomic E-state index is 0.128. The summed E-state index contributed by atoms with van der Waals surface area (Å²) in [6, 6.07) is 7.70. The number of fused-ring (bicyclic) bond motifs is 7. The molecule has 6 rings (SSSR count). The molecular formula is C40H58ClNO4. The van der Waals surface area contributed by atoms with Gasteiger partial charge in [0.15, 0.2) is 5.78 Å². The number of allylic oxidation sites excluding steroid dienone is 2. The molecule has 6 heteroatoms. The molecule has 0 spiro atoms. The highest BCUT2D eigenvalue weighted by Crippen LogP contribution is 2.71. The average molecular weight is 652 g/mol. The van der Waals surface area contributed by atoms with E-state index in [4.69, 9.17) is 16.3 Å². The summed E-state index contributed by atoms with van der Waals surface area (Å²) in [6.45, 7) is 16.3. The highest BCUT2D eigenvalue weighted by Gasteiger charge is 2.63. The van der Waals surface area contributed by atoms with E-state index in [9.17, 15) is 14.7 Å². The molecule has 5 aliphatic carbocycles. The van der Waals surface area contributed by atoms with Crippen molar-refractivity contribution in [2.24, 2.45) is 45.8 Å². The normalized spacial score (nSPS) is 37.3. The monoisotopic (exact) mass is 651 g/mol. The average Bonchev–Trinajstić information content (AvgIpc) is 3.28. The van der Waals surface area contributed by atoms with E-state index in [1.807, 2.05) is 49.9 Å². The van der Waals surface area contributed by atoms with Gasteiger partial charge in [-0.3, -0.25) is 4.79 Å². The van der Waals surface area contributed by atoms with Crippen LogP contribution in [0.25, 0.3) is 0 Å². The molecule has 8 unspecified atom stereocenters. The second-order valence-corrected chi connectivity index (χ2v) is 18.1. The Morgan fingerprint density at radius 1 is 1.02 bits per heavy atom. The van der Waals surface area contributed by atoms with Gasteiger partial charge in [0.2, 0.25) is 0 Å². The first-order chi connectivity index (χ1) is 21.6. The first-order valence-corrected chi connectivity index (χ1v) is 18.6. The molecule has 1 aromatic carbocycles. The molecule has 1 aromatic rings. The third-order valence-corrected chi connectivity index (χ3v) is 13.8. The zero-order valence-electron chi connectivity index (χ0n) is 29.5. The molecule has 0 bridgehead atoms. The van der Waals surface area contributed by atoms with Crippen molar-refractivity contribution in [2.45, 2.75) is 137 Å². The molecule has 1 N–H and O–H groups in total. The number of ketones is 1. The van der Waals surface area contributed by atoms with E-state index in [0.29, 0.717) is 59.4 Å². The first-order valence-electron chi connectivity index (χ1n) is 18.2. The Balaban J connectivity index is 1.30. The van der Waals surface area contributed by atoms with E-state index in [-0.39, 0.29) is 28.9 Å². The van der Waals surface area contributed by atoms with Crippen LogP contribution in [-0.2, 0) is 16.1 Å². The zero-order valence-corrected chi connectivity index (χ0v) is 30.2. The van der Waals surface area contributed by atoms with Crippen LogP contribution in [0.15, 0.2) is 35.4 Å². The second-order valence-electron chi connectivity index (χ2n) is 17.7. The number of aliphatic hydroxyl groups is 1. The molecule has 4 saturated carbocycles. The van der Waals surface area contributed by atoms with Crippen molar-refractivity contribution >= 4 is 23.5 Å². The van der Waals surface area contributed by atoms with Crippen LogP contribution in [0.2, 0.25) is 5.02 Å². The number of ether oxygens (including phenoxy) is 1. The van der Waals surface area contributed by atoms with Crippen LogP contribution in [-0.4, -0.2) is 40.1 Å². The summed E-state index contributed by atoms with van der Waals surface area (Å²) in [5.41, 5.74) is 3.40. The van der Waals surface area contributed by atoms with Gasteiger partial charge >= 0.3 is 6.09 Å². The number of amides is 1. The summed E-state index contributed by atoms with van der Waals surface area (Å²) in [5, 5.41) is 11.2. The maximum absolute atomic E-state index is 14.0. The molecule has 8 atom stereocenters.